The van der Waals surface area contributed by atoms with Crippen LogP contribution in [0, 0.1) is 0 Å². The molecule has 0 spiro atoms. The maximum Gasteiger partial charge on any atom is 0.339 e. The molecule has 8 nitrogen and oxygen atoms in total. The number of carbonyl (C=O) groups excluding carboxylic acids is 3. The van der Waals surface area contributed by atoms with Crippen molar-refractivity contribution in [1.29, 1.82) is 0 Å². The van der Waals surface area contributed by atoms with Crippen molar-refractivity contribution >= 4 is 28.7 Å². The summed E-state index contributed by atoms with van der Waals surface area (Å²) in [6.07, 6.45) is 0. The van der Waals surface area contributed by atoms with Crippen LogP contribution in [0.25, 0.3) is 22.2 Å². The van der Waals surface area contributed by atoms with E-state index in [1.807, 2.05) is 6.07 Å². The molecule has 0 bridgehead atoms. The van der Waals surface area contributed by atoms with E-state index in [1.54, 1.807) is 79.9 Å². The number of pyridine rings is 1. The molecule has 0 atom stereocenters. The number of carbonyl (C=O) groups is 3. The molecule has 1 N–H and O–H groups in total. The molecule has 4 rings (SSSR count). The molecule has 2 amide bonds. The van der Waals surface area contributed by atoms with Crippen LogP contribution in [-0.4, -0.2) is 43.6 Å². The van der Waals surface area contributed by atoms with E-state index >= 15 is 0 Å². The van der Waals surface area contributed by atoms with Crippen LogP contribution in [0.15, 0.2) is 78.9 Å². The summed E-state index contributed by atoms with van der Waals surface area (Å²) in [6.45, 7) is -0.611. The fourth-order valence-corrected chi connectivity index (χ4v) is 3.52. The molecule has 0 aliphatic rings. The Labute approximate surface area is 201 Å². The van der Waals surface area contributed by atoms with E-state index in [0.717, 1.165) is 0 Å². The first-order valence-corrected chi connectivity index (χ1v) is 10.7. The number of imide groups is 1. The Hall–Kier alpha value is -4.72. The first-order chi connectivity index (χ1) is 17.0. The molecular weight excluding hydrogens is 448 g/mol. The van der Waals surface area contributed by atoms with Gasteiger partial charge in [0, 0.05) is 16.5 Å². The fourth-order valence-electron chi connectivity index (χ4n) is 3.52. The van der Waals surface area contributed by atoms with Gasteiger partial charge in [-0.1, -0.05) is 36.4 Å². The van der Waals surface area contributed by atoms with E-state index < -0.39 is 24.4 Å². The Bertz CT molecular complexity index is 1400. The Balaban J connectivity index is 1.57. The number of hydrogen-bond donors (Lipinski definition) is 1. The number of hydrogen-bond acceptors (Lipinski definition) is 7. The molecule has 0 saturated heterocycles. The molecule has 4 aromatic rings. The van der Waals surface area contributed by atoms with E-state index in [1.165, 1.54) is 7.11 Å². The molecule has 3 aromatic carbocycles. The molecule has 0 unspecified atom stereocenters. The van der Waals surface area contributed by atoms with E-state index in [4.69, 9.17) is 14.2 Å². The fraction of sp³-hybridized carbons (Fsp3) is 0.111. The van der Waals surface area contributed by atoms with Crippen LogP contribution in [0.5, 0.6) is 11.5 Å². The van der Waals surface area contributed by atoms with Crippen molar-refractivity contribution in [2.24, 2.45) is 0 Å². The first-order valence-electron chi connectivity index (χ1n) is 10.7. The Morgan fingerprint density at radius 1 is 0.829 bits per heavy atom. The maximum atomic E-state index is 13.0. The highest BCUT2D eigenvalue weighted by molar-refractivity contribution is 6.07. The van der Waals surface area contributed by atoms with E-state index in [2.05, 4.69) is 10.3 Å². The monoisotopic (exact) mass is 470 g/mol. The van der Waals surface area contributed by atoms with Gasteiger partial charge in [0.15, 0.2) is 18.1 Å². The predicted octanol–water partition coefficient (Wildman–Crippen LogP) is 4.03. The van der Waals surface area contributed by atoms with Crippen molar-refractivity contribution in [3.8, 4) is 22.8 Å². The van der Waals surface area contributed by atoms with Gasteiger partial charge < -0.3 is 14.2 Å². The number of rotatable bonds is 7. The van der Waals surface area contributed by atoms with Gasteiger partial charge in [-0.05, 0) is 42.5 Å². The lowest BCUT2D eigenvalue weighted by atomic mass is 10.0. The number of esters is 1. The van der Waals surface area contributed by atoms with Gasteiger partial charge in [-0.2, -0.15) is 0 Å². The molecule has 1 aromatic heterocycles. The van der Waals surface area contributed by atoms with Crippen molar-refractivity contribution in [2.75, 3.05) is 20.8 Å². The second-order valence-electron chi connectivity index (χ2n) is 7.46. The molecular formula is C27H22N2O6. The van der Waals surface area contributed by atoms with Gasteiger partial charge in [0.1, 0.15) is 0 Å². The van der Waals surface area contributed by atoms with E-state index in [-0.39, 0.29) is 5.56 Å². The topological polar surface area (TPSA) is 104 Å². The summed E-state index contributed by atoms with van der Waals surface area (Å²) in [5.41, 5.74) is 2.36. The molecule has 0 radical (unpaired) electrons. The third kappa shape index (κ3) is 5.27. The van der Waals surface area contributed by atoms with Crippen LogP contribution in [0.4, 0.5) is 0 Å². The largest absolute Gasteiger partial charge is 0.493 e. The molecule has 8 heteroatoms. The maximum absolute atomic E-state index is 13.0. The number of ether oxygens (including phenoxy) is 3. The van der Waals surface area contributed by atoms with Crippen LogP contribution in [0.3, 0.4) is 0 Å². The smallest absolute Gasteiger partial charge is 0.339 e. The van der Waals surface area contributed by atoms with Gasteiger partial charge >= 0.3 is 5.97 Å². The minimum absolute atomic E-state index is 0.238. The van der Waals surface area contributed by atoms with Crippen LogP contribution in [0.2, 0.25) is 0 Å². The summed E-state index contributed by atoms with van der Waals surface area (Å²) in [5, 5.41) is 2.78. The van der Waals surface area contributed by atoms with Gasteiger partial charge in [0.05, 0.1) is 31.0 Å². The van der Waals surface area contributed by atoms with Gasteiger partial charge in [-0.25, -0.2) is 9.78 Å². The minimum atomic E-state index is -0.731. The zero-order chi connectivity index (χ0) is 24.8. The van der Waals surface area contributed by atoms with Gasteiger partial charge in [-0.3, -0.25) is 14.9 Å². The van der Waals surface area contributed by atoms with Crippen molar-refractivity contribution in [1.82, 2.24) is 10.3 Å². The molecule has 176 valence electrons. The number of methoxy groups -OCH3 is 2. The number of aromatic nitrogens is 1. The van der Waals surface area contributed by atoms with Crippen LogP contribution < -0.4 is 14.8 Å². The van der Waals surface area contributed by atoms with Crippen LogP contribution >= 0.6 is 0 Å². The standard InChI is InChI=1S/C27H22N2O6/c1-33-23-13-12-18(14-24(23)34-2)22-15-20(19-10-6-7-11-21(19)28-22)27(32)35-16-25(30)29-26(31)17-8-4-3-5-9-17/h3-15H,16H2,1-2H3,(H,29,30,31). The number of nitrogens with zero attached hydrogens (tertiary/aromatic N) is 1. The van der Waals surface area contributed by atoms with Crippen molar-refractivity contribution in [3.05, 3.63) is 90.0 Å². The summed E-state index contributed by atoms with van der Waals surface area (Å²) in [6, 6.07) is 22.3. The second kappa shape index (κ2) is 10.5. The van der Waals surface area contributed by atoms with Gasteiger partial charge in [0.2, 0.25) is 0 Å². The number of nitrogens with one attached hydrogen (secondary N) is 1. The lowest BCUT2D eigenvalue weighted by Gasteiger charge is -2.12. The van der Waals surface area contributed by atoms with E-state index in [9.17, 15) is 14.4 Å². The second-order valence-corrected chi connectivity index (χ2v) is 7.46. The highest BCUT2D eigenvalue weighted by Gasteiger charge is 2.18. The Morgan fingerprint density at radius 2 is 1.54 bits per heavy atom. The molecule has 0 aliphatic carbocycles. The Kier molecular flexibility index (Phi) is 7.02. The summed E-state index contributed by atoms with van der Waals surface area (Å²) >= 11 is 0. The lowest BCUT2D eigenvalue weighted by Crippen LogP contribution is -2.34. The summed E-state index contributed by atoms with van der Waals surface area (Å²) in [7, 11) is 3.08. The van der Waals surface area contributed by atoms with Crippen molar-refractivity contribution in [3.63, 3.8) is 0 Å². The molecule has 0 saturated carbocycles. The summed E-state index contributed by atoms with van der Waals surface area (Å²) < 4.78 is 15.9. The zero-order valence-electron chi connectivity index (χ0n) is 19.1. The predicted molar refractivity (Wildman–Crippen MR) is 129 cm³/mol. The number of amides is 2. The molecule has 0 fully saturated rings. The number of benzene rings is 3. The Morgan fingerprint density at radius 3 is 2.29 bits per heavy atom. The lowest BCUT2D eigenvalue weighted by molar-refractivity contribution is -0.123. The average Bonchev–Trinajstić information content (AvgIpc) is 2.91. The molecule has 1 heterocycles. The van der Waals surface area contributed by atoms with Gasteiger partial charge in [0.25, 0.3) is 11.8 Å². The minimum Gasteiger partial charge on any atom is -0.493 e. The summed E-state index contributed by atoms with van der Waals surface area (Å²) in [4.78, 5) is 42.0. The summed E-state index contributed by atoms with van der Waals surface area (Å²) in [5.74, 6) is -0.938. The zero-order valence-corrected chi connectivity index (χ0v) is 19.1. The van der Waals surface area contributed by atoms with Crippen LogP contribution in [0.1, 0.15) is 20.7 Å². The third-order valence-corrected chi connectivity index (χ3v) is 5.24. The number of para-hydroxylation sites is 1. The molecule has 0 aliphatic heterocycles. The highest BCUT2D eigenvalue weighted by Crippen LogP contribution is 2.33. The first kappa shape index (κ1) is 23.4. The SMILES string of the molecule is COc1ccc(-c2cc(C(=O)OCC(=O)NC(=O)c3ccccc3)c3ccccc3n2)cc1OC. The average molecular weight is 470 g/mol. The normalized spacial score (nSPS) is 10.5. The number of fused-ring (bicyclic) bond motifs is 1. The van der Waals surface area contributed by atoms with Gasteiger partial charge in [-0.15, -0.1) is 0 Å². The highest BCUT2D eigenvalue weighted by atomic mass is 16.5. The third-order valence-electron chi connectivity index (χ3n) is 5.24. The van der Waals surface area contributed by atoms with Crippen molar-refractivity contribution < 1.29 is 28.6 Å². The van der Waals surface area contributed by atoms with E-state index in [0.29, 0.717) is 39.2 Å². The quantitative estimate of drug-likeness (QED) is 0.407. The van der Waals surface area contributed by atoms with Crippen molar-refractivity contribution in [2.45, 2.75) is 0 Å². The van der Waals surface area contributed by atoms with Crippen LogP contribution in [-0.2, 0) is 9.53 Å². The molecule has 35 heavy (non-hydrogen) atoms.